The van der Waals surface area contributed by atoms with Gasteiger partial charge in [0.15, 0.2) is 0 Å². The van der Waals surface area contributed by atoms with Crippen molar-refractivity contribution in [1.82, 2.24) is 5.01 Å². The van der Waals surface area contributed by atoms with Gasteiger partial charge < -0.3 is 0 Å². The summed E-state index contributed by atoms with van der Waals surface area (Å²) in [4.78, 5) is 24.9. The maximum atomic E-state index is 12.4. The van der Waals surface area contributed by atoms with E-state index >= 15 is 0 Å². The lowest BCUT2D eigenvalue weighted by Gasteiger charge is -2.13. The Morgan fingerprint density at radius 3 is 2.27 bits per heavy atom. The minimum Gasteiger partial charge on any atom is -0.272 e. The van der Waals surface area contributed by atoms with Crippen molar-refractivity contribution in [2.24, 2.45) is 28.8 Å². The molecular weight excluding hydrogens is 323 g/mol. The summed E-state index contributed by atoms with van der Waals surface area (Å²) in [5, 5.41) is 5.96. The number of imide groups is 1. The molecule has 2 amide bonds. The molecule has 0 N–H and O–H groups in total. The van der Waals surface area contributed by atoms with Crippen LogP contribution in [-0.2, 0) is 9.59 Å². The first-order chi connectivity index (χ1) is 10.6. The predicted molar refractivity (Wildman–Crippen MR) is 83.6 cm³/mol. The van der Waals surface area contributed by atoms with Crippen LogP contribution in [0.3, 0.4) is 0 Å². The Kier molecular flexibility index (Phi) is 3.13. The zero-order valence-corrected chi connectivity index (χ0v) is 13.0. The van der Waals surface area contributed by atoms with Crippen molar-refractivity contribution in [3.8, 4) is 0 Å². The number of halogens is 2. The maximum absolute atomic E-state index is 12.4. The van der Waals surface area contributed by atoms with Crippen LogP contribution in [0.4, 0.5) is 0 Å². The number of hydrogen-bond donors (Lipinski definition) is 0. The van der Waals surface area contributed by atoms with Crippen molar-refractivity contribution < 1.29 is 9.59 Å². The number of benzene rings is 1. The average molecular weight is 335 g/mol. The Hall–Kier alpha value is -1.65. The maximum Gasteiger partial charge on any atom is 0.254 e. The van der Waals surface area contributed by atoms with Crippen molar-refractivity contribution in [3.63, 3.8) is 0 Å². The van der Waals surface area contributed by atoms with E-state index in [1.807, 2.05) is 0 Å². The summed E-state index contributed by atoms with van der Waals surface area (Å²) in [6.07, 6.45) is 6.50. The molecule has 1 heterocycles. The summed E-state index contributed by atoms with van der Waals surface area (Å²) in [6.45, 7) is 0. The van der Waals surface area contributed by atoms with Crippen LogP contribution < -0.4 is 0 Å². The molecule has 1 aromatic carbocycles. The molecule has 2 aliphatic carbocycles. The number of fused-ring (bicyclic) bond motifs is 5. The number of amides is 2. The van der Waals surface area contributed by atoms with Gasteiger partial charge >= 0.3 is 0 Å². The number of nitrogens with zero attached hydrogens (tertiary/aromatic N) is 2. The van der Waals surface area contributed by atoms with Crippen LogP contribution in [0.1, 0.15) is 12.0 Å². The number of carbonyl (C=O) groups excluding carboxylic acids is 2. The minimum absolute atomic E-state index is 0.191. The van der Waals surface area contributed by atoms with Gasteiger partial charge in [-0.15, -0.1) is 0 Å². The molecule has 4 atom stereocenters. The Bertz CT molecular complexity index is 714. The topological polar surface area (TPSA) is 49.7 Å². The van der Waals surface area contributed by atoms with E-state index < -0.39 is 0 Å². The molecule has 0 aromatic heterocycles. The lowest BCUT2D eigenvalue weighted by molar-refractivity contribution is -0.140. The van der Waals surface area contributed by atoms with E-state index in [2.05, 4.69) is 17.3 Å². The first kappa shape index (κ1) is 14.0. The van der Waals surface area contributed by atoms with E-state index in [0.29, 0.717) is 15.6 Å². The van der Waals surface area contributed by atoms with Crippen LogP contribution in [0.25, 0.3) is 0 Å². The van der Waals surface area contributed by atoms with E-state index in [4.69, 9.17) is 23.2 Å². The van der Waals surface area contributed by atoms with Gasteiger partial charge in [0, 0.05) is 0 Å². The zero-order valence-electron chi connectivity index (χ0n) is 11.4. The molecule has 0 spiro atoms. The second-order valence-electron chi connectivity index (χ2n) is 5.91. The third kappa shape index (κ3) is 1.94. The zero-order chi connectivity index (χ0) is 15.4. The number of rotatable bonds is 2. The third-order valence-electron chi connectivity index (χ3n) is 4.71. The summed E-state index contributed by atoms with van der Waals surface area (Å²) in [5.74, 6) is -0.457. The van der Waals surface area contributed by atoms with Crippen LogP contribution in [-0.4, -0.2) is 23.0 Å². The lowest BCUT2D eigenvalue weighted by Crippen LogP contribution is -2.28. The molecular formula is C16H12Cl2N2O2. The van der Waals surface area contributed by atoms with Gasteiger partial charge in [-0.05, 0) is 36.0 Å². The highest BCUT2D eigenvalue weighted by Gasteiger charge is 2.59. The number of hydrogen-bond acceptors (Lipinski definition) is 3. The Morgan fingerprint density at radius 2 is 1.68 bits per heavy atom. The van der Waals surface area contributed by atoms with Crippen LogP contribution in [0.5, 0.6) is 0 Å². The monoisotopic (exact) mass is 334 g/mol. The van der Waals surface area contributed by atoms with E-state index in [0.717, 1.165) is 11.4 Å². The molecule has 1 aliphatic heterocycles. The van der Waals surface area contributed by atoms with Crippen molar-refractivity contribution in [2.75, 3.05) is 0 Å². The van der Waals surface area contributed by atoms with E-state index in [1.54, 1.807) is 18.2 Å². The normalized spacial score (nSPS) is 32.5. The van der Waals surface area contributed by atoms with Gasteiger partial charge in [0.1, 0.15) is 0 Å². The van der Waals surface area contributed by atoms with Crippen LogP contribution >= 0.6 is 23.2 Å². The van der Waals surface area contributed by atoms with Gasteiger partial charge in [0.2, 0.25) is 0 Å². The van der Waals surface area contributed by atoms with Crippen LogP contribution in [0.15, 0.2) is 35.5 Å². The van der Waals surface area contributed by atoms with Gasteiger partial charge in [-0.1, -0.05) is 41.4 Å². The Labute approximate surface area is 137 Å². The lowest BCUT2D eigenvalue weighted by atomic mass is 9.85. The fraction of sp³-hybridized carbons (Fsp3) is 0.312. The Balaban J connectivity index is 1.59. The van der Waals surface area contributed by atoms with E-state index in [9.17, 15) is 9.59 Å². The second kappa shape index (κ2) is 4.93. The van der Waals surface area contributed by atoms with Gasteiger partial charge in [0.05, 0.1) is 28.1 Å². The molecule has 22 heavy (non-hydrogen) atoms. The first-order valence-electron chi connectivity index (χ1n) is 7.11. The second-order valence-corrected chi connectivity index (χ2v) is 6.72. The molecule has 112 valence electrons. The van der Waals surface area contributed by atoms with Crippen LogP contribution in [0.2, 0.25) is 10.0 Å². The largest absolute Gasteiger partial charge is 0.272 e. The number of hydrazone groups is 1. The molecule has 0 radical (unpaired) electrons. The van der Waals surface area contributed by atoms with Crippen molar-refractivity contribution >= 4 is 41.2 Å². The fourth-order valence-electron chi connectivity index (χ4n) is 3.72. The predicted octanol–water partition coefficient (Wildman–Crippen LogP) is 3.13. The average Bonchev–Trinajstić information content (AvgIpc) is 3.16. The Morgan fingerprint density at radius 1 is 1.05 bits per heavy atom. The highest BCUT2D eigenvalue weighted by molar-refractivity contribution is 6.42. The minimum atomic E-state index is -0.228. The molecule has 6 heteroatoms. The highest BCUT2D eigenvalue weighted by Crippen LogP contribution is 2.52. The molecule has 2 bridgehead atoms. The quantitative estimate of drug-likeness (QED) is 0.474. The van der Waals surface area contributed by atoms with Crippen LogP contribution in [0, 0.1) is 23.7 Å². The molecule has 1 saturated heterocycles. The molecule has 1 aromatic rings. The molecule has 4 nitrogen and oxygen atoms in total. The number of allylic oxidation sites excluding steroid dienone is 2. The third-order valence-corrected chi connectivity index (χ3v) is 5.45. The molecule has 2 fully saturated rings. The highest BCUT2D eigenvalue weighted by atomic mass is 35.5. The molecule has 4 rings (SSSR count). The van der Waals surface area contributed by atoms with E-state index in [1.165, 1.54) is 6.21 Å². The van der Waals surface area contributed by atoms with Gasteiger partial charge in [-0.2, -0.15) is 10.1 Å². The summed E-state index contributed by atoms with van der Waals surface area (Å²) >= 11 is 11.8. The molecule has 1 saturated carbocycles. The van der Waals surface area contributed by atoms with Gasteiger partial charge in [-0.3, -0.25) is 9.59 Å². The summed E-state index contributed by atoms with van der Waals surface area (Å²) in [5.41, 5.74) is 0.688. The smallest absolute Gasteiger partial charge is 0.254 e. The first-order valence-corrected chi connectivity index (χ1v) is 7.87. The van der Waals surface area contributed by atoms with Gasteiger partial charge in [0.25, 0.3) is 11.8 Å². The van der Waals surface area contributed by atoms with Crippen molar-refractivity contribution in [1.29, 1.82) is 0 Å². The summed E-state index contributed by atoms with van der Waals surface area (Å²) < 4.78 is 0. The summed E-state index contributed by atoms with van der Waals surface area (Å²) in [6, 6.07) is 5.02. The fourth-order valence-corrected chi connectivity index (χ4v) is 4.02. The molecule has 4 unspecified atom stereocenters. The SMILES string of the molecule is O=C1C2C3C=CC(C3)C2C(=O)N1N=Cc1ccc(Cl)c(Cl)c1. The number of carbonyl (C=O) groups is 2. The van der Waals surface area contributed by atoms with E-state index in [-0.39, 0.29) is 35.5 Å². The molecule has 3 aliphatic rings. The standard InChI is InChI=1S/C16H12Cl2N2O2/c17-11-4-1-8(5-12(11)18)7-19-20-15(21)13-9-2-3-10(6-9)14(13)16(20)22/h1-5,7,9-10,13-14H,6H2. The summed E-state index contributed by atoms with van der Waals surface area (Å²) in [7, 11) is 0. The van der Waals surface area contributed by atoms with Crippen molar-refractivity contribution in [2.45, 2.75) is 6.42 Å². The van der Waals surface area contributed by atoms with Gasteiger partial charge in [-0.25, -0.2) is 0 Å². The van der Waals surface area contributed by atoms with Crippen molar-refractivity contribution in [3.05, 3.63) is 46.0 Å².